The number of benzene rings is 2. The fourth-order valence-electron chi connectivity index (χ4n) is 2.03. The molecule has 0 saturated heterocycles. The molecular formula is C17H10BrFN2O3. The van der Waals surface area contributed by atoms with E-state index in [1.165, 1.54) is 24.3 Å². The summed E-state index contributed by atoms with van der Waals surface area (Å²) in [7, 11) is 0. The molecule has 0 aliphatic carbocycles. The van der Waals surface area contributed by atoms with Gasteiger partial charge in [-0.1, -0.05) is 0 Å². The van der Waals surface area contributed by atoms with Gasteiger partial charge in [0, 0.05) is 17.7 Å². The van der Waals surface area contributed by atoms with Crippen molar-refractivity contribution in [2.24, 2.45) is 0 Å². The average Bonchev–Trinajstić information content (AvgIpc) is 3.06. The molecule has 0 aliphatic rings. The summed E-state index contributed by atoms with van der Waals surface area (Å²) in [4.78, 5) is 14.4. The minimum absolute atomic E-state index is 0.0259. The van der Waals surface area contributed by atoms with E-state index in [1.807, 2.05) is 0 Å². The molecule has 0 fully saturated rings. The second-order valence-electron chi connectivity index (χ2n) is 4.88. The van der Waals surface area contributed by atoms with E-state index in [0.29, 0.717) is 21.7 Å². The monoisotopic (exact) mass is 388 g/mol. The van der Waals surface area contributed by atoms with Crippen LogP contribution in [-0.2, 0) is 0 Å². The number of hydrogen-bond acceptors (Lipinski definition) is 4. The third-order valence-corrected chi connectivity index (χ3v) is 3.80. The van der Waals surface area contributed by atoms with E-state index in [-0.39, 0.29) is 11.5 Å². The zero-order valence-electron chi connectivity index (χ0n) is 12.1. The molecule has 0 amide bonds. The topological polar surface area (TPSA) is 69.2 Å². The Bertz CT molecular complexity index is 902. The maximum atomic E-state index is 13.0. The highest BCUT2D eigenvalue weighted by Crippen LogP contribution is 2.28. The molecule has 2 aromatic carbocycles. The number of hydrogen-bond donors (Lipinski definition) is 0. The van der Waals surface area contributed by atoms with Crippen molar-refractivity contribution >= 4 is 32.2 Å². The number of nitro benzene ring substituents is 1. The molecule has 3 aromatic rings. The molecule has 1 aromatic heterocycles. The Balaban J connectivity index is 1.83. The SMILES string of the molecule is O=[N+]([O-])c1ccc(/C=C(\Br)c2ncc(-c3ccc(F)cc3)o2)cc1. The van der Waals surface area contributed by atoms with Crippen molar-refractivity contribution in [3.63, 3.8) is 0 Å². The van der Waals surface area contributed by atoms with Crippen LogP contribution in [0.15, 0.2) is 59.1 Å². The smallest absolute Gasteiger partial charge is 0.269 e. The molecule has 3 rings (SSSR count). The van der Waals surface area contributed by atoms with Crippen molar-refractivity contribution in [2.45, 2.75) is 0 Å². The van der Waals surface area contributed by atoms with Crippen molar-refractivity contribution in [1.29, 1.82) is 0 Å². The van der Waals surface area contributed by atoms with Crippen molar-refractivity contribution < 1.29 is 13.7 Å². The first-order chi connectivity index (χ1) is 11.5. The standard InChI is InChI=1S/C17H10BrFN2O3/c18-15(9-11-1-7-14(8-2-11)21(22)23)17-20-10-16(24-17)12-3-5-13(19)6-4-12/h1-10H/b15-9-. The van der Waals surface area contributed by atoms with Gasteiger partial charge in [-0.05, 0) is 64.0 Å². The fraction of sp³-hybridized carbons (Fsp3) is 0. The number of oxazole rings is 1. The second kappa shape index (κ2) is 6.76. The van der Waals surface area contributed by atoms with Crippen LogP contribution in [0.2, 0.25) is 0 Å². The maximum Gasteiger partial charge on any atom is 0.269 e. The van der Waals surface area contributed by atoms with Gasteiger partial charge in [0.2, 0.25) is 5.89 Å². The highest BCUT2D eigenvalue weighted by atomic mass is 79.9. The molecule has 0 N–H and O–H groups in total. The van der Waals surface area contributed by atoms with Gasteiger partial charge in [0.25, 0.3) is 5.69 Å². The van der Waals surface area contributed by atoms with Crippen LogP contribution in [0.25, 0.3) is 21.9 Å². The van der Waals surface area contributed by atoms with Gasteiger partial charge in [0.15, 0.2) is 5.76 Å². The summed E-state index contributed by atoms with van der Waals surface area (Å²) in [5.74, 6) is 0.546. The molecule has 0 atom stereocenters. The van der Waals surface area contributed by atoms with Crippen LogP contribution in [0.1, 0.15) is 11.5 Å². The summed E-state index contributed by atoms with van der Waals surface area (Å²) in [6.07, 6.45) is 3.29. The highest BCUT2D eigenvalue weighted by Gasteiger charge is 2.10. The van der Waals surface area contributed by atoms with E-state index in [0.717, 1.165) is 5.56 Å². The fourth-order valence-corrected chi connectivity index (χ4v) is 2.48. The zero-order chi connectivity index (χ0) is 17.1. The van der Waals surface area contributed by atoms with Crippen LogP contribution in [0.3, 0.4) is 0 Å². The van der Waals surface area contributed by atoms with Crippen molar-refractivity contribution in [1.82, 2.24) is 4.98 Å². The number of non-ortho nitro benzene ring substituents is 1. The first-order valence-corrected chi connectivity index (χ1v) is 7.66. The summed E-state index contributed by atoms with van der Waals surface area (Å²) in [6, 6.07) is 12.0. The van der Waals surface area contributed by atoms with Gasteiger partial charge in [-0.15, -0.1) is 0 Å². The maximum absolute atomic E-state index is 13.0. The van der Waals surface area contributed by atoms with Gasteiger partial charge < -0.3 is 4.42 Å². The molecule has 120 valence electrons. The number of aromatic nitrogens is 1. The van der Waals surface area contributed by atoms with Gasteiger partial charge in [-0.25, -0.2) is 9.37 Å². The van der Waals surface area contributed by atoms with Gasteiger partial charge in [0.05, 0.1) is 15.6 Å². The van der Waals surface area contributed by atoms with Gasteiger partial charge in [-0.3, -0.25) is 10.1 Å². The van der Waals surface area contributed by atoms with E-state index in [2.05, 4.69) is 20.9 Å². The lowest BCUT2D eigenvalue weighted by Crippen LogP contribution is -1.86. The summed E-state index contributed by atoms with van der Waals surface area (Å²) in [5.41, 5.74) is 1.50. The van der Waals surface area contributed by atoms with Gasteiger partial charge in [-0.2, -0.15) is 0 Å². The Hall–Kier alpha value is -2.80. The molecule has 0 bridgehead atoms. The molecule has 5 nitrogen and oxygen atoms in total. The van der Waals surface area contributed by atoms with Crippen LogP contribution >= 0.6 is 15.9 Å². The molecule has 24 heavy (non-hydrogen) atoms. The third-order valence-electron chi connectivity index (χ3n) is 3.24. The highest BCUT2D eigenvalue weighted by molar-refractivity contribution is 9.15. The Kier molecular flexibility index (Phi) is 4.52. The lowest BCUT2D eigenvalue weighted by atomic mass is 10.2. The number of nitro groups is 1. The average molecular weight is 389 g/mol. The van der Waals surface area contributed by atoms with Crippen LogP contribution < -0.4 is 0 Å². The Morgan fingerprint density at radius 1 is 1.17 bits per heavy atom. The second-order valence-corrected chi connectivity index (χ2v) is 5.73. The summed E-state index contributed by atoms with van der Waals surface area (Å²) in [6.45, 7) is 0. The van der Waals surface area contributed by atoms with Crippen LogP contribution in [0.5, 0.6) is 0 Å². The summed E-state index contributed by atoms with van der Waals surface area (Å²) < 4.78 is 19.2. The van der Waals surface area contributed by atoms with Crippen molar-refractivity contribution in [3.05, 3.63) is 82.1 Å². The molecule has 0 radical (unpaired) electrons. The molecule has 0 spiro atoms. The Morgan fingerprint density at radius 3 is 2.46 bits per heavy atom. The van der Waals surface area contributed by atoms with Crippen molar-refractivity contribution in [3.8, 4) is 11.3 Å². The molecular weight excluding hydrogens is 379 g/mol. The van der Waals surface area contributed by atoms with E-state index in [9.17, 15) is 14.5 Å². The first kappa shape index (κ1) is 16.1. The Labute approximate surface area is 144 Å². The Morgan fingerprint density at radius 2 is 1.83 bits per heavy atom. The predicted molar refractivity (Wildman–Crippen MR) is 91.8 cm³/mol. The van der Waals surface area contributed by atoms with Crippen LogP contribution in [0, 0.1) is 15.9 Å². The lowest BCUT2D eigenvalue weighted by molar-refractivity contribution is -0.384. The molecule has 0 aliphatic heterocycles. The summed E-state index contributed by atoms with van der Waals surface area (Å²) in [5, 5.41) is 10.6. The normalized spacial score (nSPS) is 11.5. The van der Waals surface area contributed by atoms with E-state index in [4.69, 9.17) is 4.42 Å². The van der Waals surface area contributed by atoms with E-state index >= 15 is 0 Å². The van der Waals surface area contributed by atoms with Crippen molar-refractivity contribution in [2.75, 3.05) is 0 Å². The molecule has 7 heteroatoms. The minimum atomic E-state index is -0.453. The van der Waals surface area contributed by atoms with Gasteiger partial charge >= 0.3 is 0 Å². The lowest BCUT2D eigenvalue weighted by Gasteiger charge is -1.97. The number of halogens is 2. The van der Waals surface area contributed by atoms with Gasteiger partial charge in [0.1, 0.15) is 5.82 Å². The number of nitrogens with zero attached hydrogens (tertiary/aromatic N) is 2. The molecule has 0 saturated carbocycles. The molecule has 0 unspecified atom stereocenters. The van der Waals surface area contributed by atoms with E-state index in [1.54, 1.807) is 36.5 Å². The first-order valence-electron chi connectivity index (χ1n) is 6.87. The quantitative estimate of drug-likeness (QED) is 0.450. The van der Waals surface area contributed by atoms with E-state index < -0.39 is 4.92 Å². The molecule has 1 heterocycles. The largest absolute Gasteiger partial charge is 0.436 e. The summed E-state index contributed by atoms with van der Waals surface area (Å²) >= 11 is 3.38. The number of rotatable bonds is 4. The van der Waals surface area contributed by atoms with Crippen LogP contribution in [-0.4, -0.2) is 9.91 Å². The zero-order valence-corrected chi connectivity index (χ0v) is 13.7. The van der Waals surface area contributed by atoms with Crippen LogP contribution in [0.4, 0.5) is 10.1 Å². The third kappa shape index (κ3) is 3.57. The predicted octanol–water partition coefficient (Wildman–Crippen LogP) is 5.28. The minimum Gasteiger partial charge on any atom is -0.436 e.